The fourth-order valence-electron chi connectivity index (χ4n) is 4.48. The van der Waals surface area contributed by atoms with Crippen molar-refractivity contribution in [1.82, 2.24) is 9.62 Å². The highest BCUT2D eigenvalue weighted by molar-refractivity contribution is 7.90. The van der Waals surface area contributed by atoms with E-state index in [-0.39, 0.29) is 18.4 Å². The molecule has 0 radical (unpaired) electrons. The SMILES string of the molecule is CCOc1ccc(N(CC)S(=O)(=O)N2CCC[C@H](C(=O)NCCC3=CCCCC3)C2)cc1. The van der Waals surface area contributed by atoms with Crippen LogP contribution in [0.4, 0.5) is 5.69 Å². The fourth-order valence-corrected chi connectivity index (χ4v) is 6.20. The lowest BCUT2D eigenvalue weighted by molar-refractivity contribution is -0.126. The molecule has 1 heterocycles. The molecule has 178 valence electrons. The predicted octanol–water partition coefficient (Wildman–Crippen LogP) is 3.88. The van der Waals surface area contributed by atoms with Gasteiger partial charge in [-0.25, -0.2) is 0 Å². The van der Waals surface area contributed by atoms with E-state index in [9.17, 15) is 13.2 Å². The average Bonchev–Trinajstić information content (AvgIpc) is 2.81. The lowest BCUT2D eigenvalue weighted by Gasteiger charge is -2.35. The highest BCUT2D eigenvalue weighted by Gasteiger charge is 2.35. The highest BCUT2D eigenvalue weighted by atomic mass is 32.2. The molecule has 0 aromatic heterocycles. The standard InChI is InChI=1S/C24H37N3O4S/c1-3-27(22-12-14-23(15-13-22)31-4-2)32(29,30)26-18-8-11-21(19-26)24(28)25-17-16-20-9-6-5-7-10-20/h9,12-15,21H,3-8,10-11,16-19H2,1-2H3,(H,25,28)/t21-/m0/s1. The van der Waals surface area contributed by atoms with Crippen molar-refractivity contribution >= 4 is 21.8 Å². The molecule has 1 fully saturated rings. The van der Waals surface area contributed by atoms with Crippen LogP contribution < -0.4 is 14.4 Å². The van der Waals surface area contributed by atoms with E-state index in [0.29, 0.717) is 44.1 Å². The summed E-state index contributed by atoms with van der Waals surface area (Å²) in [5, 5.41) is 3.04. The van der Waals surface area contributed by atoms with Gasteiger partial charge in [0.25, 0.3) is 0 Å². The zero-order valence-corrected chi connectivity index (χ0v) is 20.2. The molecule has 1 aromatic carbocycles. The molecule has 1 atom stereocenters. The molecule has 0 bridgehead atoms. The van der Waals surface area contributed by atoms with Crippen molar-refractivity contribution in [2.45, 2.75) is 58.8 Å². The second-order valence-corrected chi connectivity index (χ2v) is 10.3. The van der Waals surface area contributed by atoms with Crippen molar-refractivity contribution in [2.24, 2.45) is 5.92 Å². The summed E-state index contributed by atoms with van der Waals surface area (Å²) in [6.07, 6.45) is 9.35. The van der Waals surface area contributed by atoms with Gasteiger partial charge in [0.1, 0.15) is 5.75 Å². The molecule has 32 heavy (non-hydrogen) atoms. The molecule has 1 aromatic rings. The predicted molar refractivity (Wildman–Crippen MR) is 128 cm³/mol. The third-order valence-corrected chi connectivity index (χ3v) is 8.22. The van der Waals surface area contributed by atoms with Crippen LogP contribution in [0, 0.1) is 5.92 Å². The molecule has 0 spiro atoms. The molecule has 1 N–H and O–H groups in total. The van der Waals surface area contributed by atoms with Gasteiger partial charge in [-0.15, -0.1) is 0 Å². The molecule has 0 saturated carbocycles. The topological polar surface area (TPSA) is 79.0 Å². The van der Waals surface area contributed by atoms with Gasteiger partial charge in [-0.05, 0) is 83.1 Å². The third kappa shape index (κ3) is 6.25. The first-order valence-electron chi connectivity index (χ1n) is 11.9. The average molecular weight is 464 g/mol. The maximum absolute atomic E-state index is 13.4. The van der Waals surface area contributed by atoms with Crippen molar-refractivity contribution in [3.8, 4) is 5.75 Å². The Labute approximate surface area is 193 Å². The molecule has 7 nitrogen and oxygen atoms in total. The summed E-state index contributed by atoms with van der Waals surface area (Å²) >= 11 is 0. The lowest BCUT2D eigenvalue weighted by Crippen LogP contribution is -2.50. The van der Waals surface area contributed by atoms with E-state index >= 15 is 0 Å². The first-order valence-corrected chi connectivity index (χ1v) is 13.3. The minimum absolute atomic E-state index is 0.0366. The van der Waals surface area contributed by atoms with Crippen LogP contribution in [0.1, 0.15) is 58.8 Å². The quantitative estimate of drug-likeness (QED) is 0.534. The van der Waals surface area contributed by atoms with Crippen molar-refractivity contribution in [3.63, 3.8) is 0 Å². The van der Waals surface area contributed by atoms with Crippen molar-refractivity contribution in [1.29, 1.82) is 0 Å². The van der Waals surface area contributed by atoms with Crippen LogP contribution in [-0.4, -0.2) is 51.4 Å². The van der Waals surface area contributed by atoms with E-state index < -0.39 is 10.2 Å². The number of rotatable bonds is 10. The van der Waals surface area contributed by atoms with E-state index in [4.69, 9.17) is 4.74 Å². The van der Waals surface area contributed by atoms with Crippen LogP contribution in [-0.2, 0) is 15.0 Å². The molecular formula is C24H37N3O4S. The van der Waals surface area contributed by atoms with Gasteiger partial charge in [0.2, 0.25) is 5.91 Å². The van der Waals surface area contributed by atoms with Crippen LogP contribution in [0.15, 0.2) is 35.9 Å². The van der Waals surface area contributed by atoms with E-state index in [2.05, 4.69) is 11.4 Å². The van der Waals surface area contributed by atoms with Crippen LogP contribution in [0.2, 0.25) is 0 Å². The van der Waals surface area contributed by atoms with E-state index in [0.717, 1.165) is 25.7 Å². The number of carbonyl (C=O) groups excluding carboxylic acids is 1. The number of piperidine rings is 1. The Kier molecular flexibility index (Phi) is 8.99. The summed E-state index contributed by atoms with van der Waals surface area (Å²) in [6, 6.07) is 7.09. The summed E-state index contributed by atoms with van der Waals surface area (Å²) in [6.45, 7) is 5.90. The number of ether oxygens (including phenoxy) is 1. The summed E-state index contributed by atoms with van der Waals surface area (Å²) < 4.78 is 35.1. The Bertz CT molecular complexity index is 883. The Hall–Kier alpha value is -2.06. The third-order valence-electron chi connectivity index (χ3n) is 6.21. The molecule has 0 unspecified atom stereocenters. The van der Waals surface area contributed by atoms with Gasteiger partial charge >= 0.3 is 10.2 Å². The van der Waals surface area contributed by atoms with Crippen LogP contribution in [0.5, 0.6) is 5.75 Å². The zero-order valence-electron chi connectivity index (χ0n) is 19.4. The van der Waals surface area contributed by atoms with Crippen molar-refractivity contribution < 1.29 is 17.9 Å². The lowest BCUT2D eigenvalue weighted by atomic mass is 9.96. The van der Waals surface area contributed by atoms with E-state index in [1.165, 1.54) is 27.0 Å². The minimum atomic E-state index is -3.72. The monoisotopic (exact) mass is 463 g/mol. The zero-order chi connectivity index (χ0) is 23.0. The molecule has 1 saturated heterocycles. The van der Waals surface area contributed by atoms with Gasteiger partial charge in [0.15, 0.2) is 0 Å². The van der Waals surface area contributed by atoms with Gasteiger partial charge in [-0.2, -0.15) is 12.7 Å². The van der Waals surface area contributed by atoms with Gasteiger partial charge in [0, 0.05) is 26.2 Å². The van der Waals surface area contributed by atoms with Crippen LogP contribution in [0.25, 0.3) is 0 Å². The summed E-state index contributed by atoms with van der Waals surface area (Å²) in [7, 11) is -3.72. The highest BCUT2D eigenvalue weighted by Crippen LogP contribution is 2.27. The summed E-state index contributed by atoms with van der Waals surface area (Å²) in [5.74, 6) is 0.367. The Morgan fingerprint density at radius 2 is 1.97 bits per heavy atom. The largest absolute Gasteiger partial charge is 0.494 e. The molecule has 3 rings (SSSR count). The fraction of sp³-hybridized carbons (Fsp3) is 0.625. The van der Waals surface area contributed by atoms with Crippen LogP contribution in [0.3, 0.4) is 0 Å². The Balaban J connectivity index is 1.60. The Morgan fingerprint density at radius 1 is 1.19 bits per heavy atom. The molecule has 1 aliphatic carbocycles. The summed E-state index contributed by atoms with van der Waals surface area (Å²) in [5.41, 5.74) is 2.03. The number of allylic oxidation sites excluding steroid dienone is 1. The number of benzene rings is 1. The van der Waals surface area contributed by atoms with Gasteiger partial charge in [0.05, 0.1) is 18.2 Å². The summed E-state index contributed by atoms with van der Waals surface area (Å²) in [4.78, 5) is 12.7. The van der Waals surface area contributed by atoms with Crippen LogP contribution >= 0.6 is 0 Å². The van der Waals surface area contributed by atoms with Crippen molar-refractivity contribution in [2.75, 3.05) is 37.1 Å². The second kappa shape index (κ2) is 11.7. The molecule has 8 heteroatoms. The number of nitrogens with one attached hydrogen (secondary N) is 1. The maximum atomic E-state index is 13.4. The second-order valence-electron chi connectivity index (χ2n) is 8.45. The number of amides is 1. The first kappa shape index (κ1) is 24.6. The molecule has 2 aliphatic rings. The van der Waals surface area contributed by atoms with Gasteiger partial charge in [-0.1, -0.05) is 11.6 Å². The smallest absolute Gasteiger partial charge is 0.304 e. The van der Waals surface area contributed by atoms with E-state index in [1.807, 2.05) is 13.8 Å². The van der Waals surface area contributed by atoms with Crippen molar-refractivity contribution in [3.05, 3.63) is 35.9 Å². The molecular weight excluding hydrogens is 426 g/mol. The normalized spacial score (nSPS) is 19.8. The number of carbonyl (C=O) groups is 1. The molecule has 1 amide bonds. The van der Waals surface area contributed by atoms with Gasteiger partial charge < -0.3 is 10.1 Å². The Morgan fingerprint density at radius 3 is 2.62 bits per heavy atom. The van der Waals surface area contributed by atoms with E-state index in [1.54, 1.807) is 24.3 Å². The molecule has 1 aliphatic heterocycles. The number of anilines is 1. The number of hydrogen-bond acceptors (Lipinski definition) is 4. The maximum Gasteiger partial charge on any atom is 0.304 e. The minimum Gasteiger partial charge on any atom is -0.494 e. The first-order chi connectivity index (χ1) is 15.5. The number of hydrogen-bond donors (Lipinski definition) is 1. The van der Waals surface area contributed by atoms with Gasteiger partial charge in [-0.3, -0.25) is 9.10 Å². The number of nitrogens with zero attached hydrogens (tertiary/aromatic N) is 2.